The first kappa shape index (κ1) is 21.0. The van der Waals surface area contributed by atoms with E-state index in [0.29, 0.717) is 22.5 Å². The zero-order chi connectivity index (χ0) is 20.9. The number of hydrogen-bond acceptors (Lipinski definition) is 4. The molecule has 0 atom stereocenters. The van der Waals surface area contributed by atoms with Crippen molar-refractivity contribution in [1.82, 2.24) is 5.32 Å². The normalized spacial score (nSPS) is 10.8. The zero-order valence-corrected chi connectivity index (χ0v) is 16.7. The van der Waals surface area contributed by atoms with Gasteiger partial charge < -0.3 is 15.4 Å². The molecule has 0 bridgehead atoms. The molecule has 2 rings (SSSR count). The molecular formula is C21H25N3O4. The predicted octanol–water partition coefficient (Wildman–Crippen LogP) is 3.67. The van der Waals surface area contributed by atoms with Gasteiger partial charge in [-0.1, -0.05) is 0 Å². The van der Waals surface area contributed by atoms with Crippen LogP contribution in [0.15, 0.2) is 48.5 Å². The Morgan fingerprint density at radius 3 is 1.82 bits per heavy atom. The van der Waals surface area contributed by atoms with Gasteiger partial charge in [0.05, 0.1) is 7.11 Å². The van der Waals surface area contributed by atoms with Gasteiger partial charge in [0.2, 0.25) is 0 Å². The molecule has 0 fully saturated rings. The number of methoxy groups -OCH3 is 1. The summed E-state index contributed by atoms with van der Waals surface area (Å²) in [5.74, 6) is -0.485. The van der Waals surface area contributed by atoms with E-state index in [0.717, 1.165) is 0 Å². The lowest BCUT2D eigenvalue weighted by Crippen LogP contribution is -2.40. The average Bonchev–Trinajstić information content (AvgIpc) is 2.66. The van der Waals surface area contributed by atoms with Crippen molar-refractivity contribution in [1.29, 1.82) is 0 Å². The first-order valence-electron chi connectivity index (χ1n) is 8.76. The third-order valence-electron chi connectivity index (χ3n) is 3.86. The van der Waals surface area contributed by atoms with Crippen molar-refractivity contribution in [3.8, 4) is 0 Å². The van der Waals surface area contributed by atoms with Crippen molar-refractivity contribution >= 4 is 29.3 Å². The van der Waals surface area contributed by atoms with E-state index in [1.807, 2.05) is 20.8 Å². The number of nitrogens with one attached hydrogen (secondary N) is 2. The molecule has 2 N–H and O–H groups in total. The summed E-state index contributed by atoms with van der Waals surface area (Å²) < 4.78 is 4.66. The lowest BCUT2D eigenvalue weighted by molar-refractivity contribution is 0.0918. The van der Waals surface area contributed by atoms with Gasteiger partial charge in [0.25, 0.3) is 11.8 Å². The molecule has 2 aromatic carbocycles. The molecule has 3 amide bonds. The van der Waals surface area contributed by atoms with E-state index >= 15 is 0 Å². The molecule has 0 aromatic heterocycles. The van der Waals surface area contributed by atoms with Crippen molar-refractivity contribution in [2.45, 2.75) is 26.3 Å². The van der Waals surface area contributed by atoms with Crippen LogP contribution in [0.5, 0.6) is 0 Å². The molecule has 0 saturated heterocycles. The molecule has 148 valence electrons. The minimum absolute atomic E-state index is 0.190. The molecule has 0 spiro atoms. The van der Waals surface area contributed by atoms with Crippen LogP contribution < -0.4 is 15.5 Å². The second-order valence-corrected chi connectivity index (χ2v) is 7.31. The smallest absolute Gasteiger partial charge is 0.413 e. The van der Waals surface area contributed by atoms with Crippen LogP contribution in [-0.2, 0) is 4.74 Å². The highest BCUT2D eigenvalue weighted by molar-refractivity contribution is 6.05. The van der Waals surface area contributed by atoms with Crippen LogP contribution in [-0.4, -0.2) is 37.6 Å². The summed E-state index contributed by atoms with van der Waals surface area (Å²) in [7, 11) is 2.90. The van der Waals surface area contributed by atoms with Crippen LogP contribution in [0.2, 0.25) is 0 Å². The number of nitrogens with zero attached hydrogens (tertiary/aromatic N) is 1. The summed E-state index contributed by atoms with van der Waals surface area (Å²) in [6.45, 7) is 5.71. The van der Waals surface area contributed by atoms with Crippen LogP contribution in [0, 0.1) is 0 Å². The monoisotopic (exact) mass is 383 g/mol. The van der Waals surface area contributed by atoms with Crippen LogP contribution in [0.25, 0.3) is 0 Å². The highest BCUT2D eigenvalue weighted by Gasteiger charge is 2.16. The molecule has 7 heteroatoms. The molecule has 0 unspecified atom stereocenters. The fraction of sp³-hybridized carbons (Fsp3) is 0.286. The largest absolute Gasteiger partial charge is 0.452 e. The van der Waals surface area contributed by atoms with Gasteiger partial charge in [-0.15, -0.1) is 0 Å². The fourth-order valence-electron chi connectivity index (χ4n) is 2.40. The Hall–Kier alpha value is -3.35. The minimum Gasteiger partial charge on any atom is -0.452 e. The van der Waals surface area contributed by atoms with Gasteiger partial charge in [0.15, 0.2) is 0 Å². The van der Waals surface area contributed by atoms with Crippen molar-refractivity contribution in [3.63, 3.8) is 0 Å². The van der Waals surface area contributed by atoms with Gasteiger partial charge in [-0.2, -0.15) is 0 Å². The maximum Gasteiger partial charge on any atom is 0.413 e. The minimum atomic E-state index is -0.479. The standard InChI is InChI=1S/C21H25N3O4/c1-21(2,3)23-19(26)15-8-6-14(7-9-15)18(25)22-16-10-12-17(13-11-16)24(4)20(27)28-5/h6-13H,1-5H3,(H,22,25)(H,23,26). The summed E-state index contributed by atoms with van der Waals surface area (Å²) in [6, 6.07) is 13.2. The van der Waals surface area contributed by atoms with Gasteiger partial charge >= 0.3 is 6.09 Å². The highest BCUT2D eigenvalue weighted by Crippen LogP contribution is 2.18. The topological polar surface area (TPSA) is 87.7 Å². The van der Waals surface area contributed by atoms with Gasteiger partial charge in [0, 0.05) is 35.1 Å². The zero-order valence-electron chi connectivity index (χ0n) is 16.7. The predicted molar refractivity (Wildman–Crippen MR) is 109 cm³/mol. The van der Waals surface area contributed by atoms with E-state index in [2.05, 4.69) is 15.4 Å². The van der Waals surface area contributed by atoms with E-state index in [1.54, 1.807) is 55.6 Å². The first-order chi connectivity index (χ1) is 13.1. The highest BCUT2D eigenvalue weighted by atomic mass is 16.5. The Labute approximate surface area is 164 Å². The molecule has 0 aliphatic carbocycles. The number of carbonyl (C=O) groups is 3. The number of rotatable bonds is 4. The van der Waals surface area contributed by atoms with Crippen LogP contribution in [0.3, 0.4) is 0 Å². The first-order valence-corrected chi connectivity index (χ1v) is 8.76. The third-order valence-corrected chi connectivity index (χ3v) is 3.86. The maximum atomic E-state index is 12.4. The number of hydrogen-bond donors (Lipinski definition) is 2. The Morgan fingerprint density at radius 2 is 1.36 bits per heavy atom. The number of amides is 3. The van der Waals surface area contributed by atoms with Crippen molar-refractivity contribution in [3.05, 3.63) is 59.7 Å². The summed E-state index contributed by atoms with van der Waals surface area (Å²) in [6.07, 6.45) is -0.479. The summed E-state index contributed by atoms with van der Waals surface area (Å²) in [5, 5.41) is 5.65. The van der Waals surface area contributed by atoms with Crippen molar-refractivity contribution in [2.75, 3.05) is 24.4 Å². The Morgan fingerprint density at radius 1 is 0.857 bits per heavy atom. The number of anilines is 2. The molecule has 0 saturated carbocycles. The average molecular weight is 383 g/mol. The van der Waals surface area contributed by atoms with E-state index < -0.39 is 6.09 Å². The Balaban J connectivity index is 2.03. The third kappa shape index (κ3) is 5.57. The van der Waals surface area contributed by atoms with E-state index in [9.17, 15) is 14.4 Å². The van der Waals surface area contributed by atoms with Crippen LogP contribution in [0.1, 0.15) is 41.5 Å². The number of benzene rings is 2. The second-order valence-electron chi connectivity index (χ2n) is 7.31. The van der Waals surface area contributed by atoms with Gasteiger partial charge in [-0.25, -0.2) is 4.79 Å². The number of ether oxygens (including phenoxy) is 1. The molecule has 2 aromatic rings. The molecule has 0 aliphatic heterocycles. The Bertz CT molecular complexity index is 853. The lowest BCUT2D eigenvalue weighted by Gasteiger charge is -2.20. The molecule has 0 radical (unpaired) electrons. The van der Waals surface area contributed by atoms with Crippen molar-refractivity contribution in [2.24, 2.45) is 0 Å². The number of carbonyl (C=O) groups excluding carboxylic acids is 3. The van der Waals surface area contributed by atoms with Gasteiger partial charge in [0.1, 0.15) is 0 Å². The quantitative estimate of drug-likeness (QED) is 0.843. The summed E-state index contributed by atoms with van der Waals surface area (Å²) >= 11 is 0. The second kappa shape index (κ2) is 8.56. The fourth-order valence-corrected chi connectivity index (χ4v) is 2.40. The van der Waals surface area contributed by atoms with E-state index in [1.165, 1.54) is 12.0 Å². The lowest BCUT2D eigenvalue weighted by atomic mass is 10.1. The molecule has 28 heavy (non-hydrogen) atoms. The summed E-state index contributed by atoms with van der Waals surface area (Å²) in [4.78, 5) is 37.4. The molecule has 0 heterocycles. The SMILES string of the molecule is COC(=O)N(C)c1ccc(NC(=O)c2ccc(C(=O)NC(C)(C)C)cc2)cc1. The van der Waals surface area contributed by atoms with E-state index in [-0.39, 0.29) is 17.4 Å². The molecule has 0 aliphatic rings. The molecule has 7 nitrogen and oxygen atoms in total. The van der Waals surface area contributed by atoms with Crippen LogP contribution >= 0.6 is 0 Å². The summed E-state index contributed by atoms with van der Waals surface area (Å²) in [5.41, 5.74) is 1.81. The Kier molecular flexibility index (Phi) is 6.41. The molecular weight excluding hydrogens is 358 g/mol. The van der Waals surface area contributed by atoms with E-state index in [4.69, 9.17) is 0 Å². The maximum absolute atomic E-state index is 12.4. The van der Waals surface area contributed by atoms with Crippen molar-refractivity contribution < 1.29 is 19.1 Å². The van der Waals surface area contributed by atoms with Gasteiger partial charge in [-0.3, -0.25) is 14.5 Å². The van der Waals surface area contributed by atoms with Crippen LogP contribution in [0.4, 0.5) is 16.2 Å². The van der Waals surface area contributed by atoms with Gasteiger partial charge in [-0.05, 0) is 69.3 Å².